The highest BCUT2D eigenvalue weighted by molar-refractivity contribution is 7.10. The molecule has 2 N–H and O–H groups in total. The first-order chi connectivity index (χ1) is 17.2. The lowest BCUT2D eigenvalue weighted by atomic mass is 10.1. The molecule has 36 heavy (non-hydrogen) atoms. The monoisotopic (exact) mass is 542 g/mol. The van der Waals surface area contributed by atoms with E-state index in [0.29, 0.717) is 22.8 Å². The Morgan fingerprint density at radius 1 is 1.25 bits per heavy atom. The molecule has 0 bridgehead atoms. The average molecular weight is 544 g/mol. The van der Waals surface area contributed by atoms with Gasteiger partial charge in [0.05, 0.1) is 17.4 Å². The highest BCUT2D eigenvalue weighted by atomic mass is 35.5. The maximum atomic E-state index is 12.4. The number of rotatable bonds is 3. The second-order valence-corrected chi connectivity index (χ2v) is 10.7. The van der Waals surface area contributed by atoms with E-state index in [2.05, 4.69) is 26.7 Å². The maximum absolute atomic E-state index is 12.4. The number of aromatic nitrogens is 2. The second kappa shape index (κ2) is 11.5. The van der Waals surface area contributed by atoms with Gasteiger partial charge in [0.15, 0.2) is 0 Å². The molecule has 6 nitrogen and oxygen atoms in total. The molecule has 9 heteroatoms. The van der Waals surface area contributed by atoms with E-state index in [1.165, 1.54) is 10.4 Å². The summed E-state index contributed by atoms with van der Waals surface area (Å²) >= 11 is 14.0. The van der Waals surface area contributed by atoms with Crippen LogP contribution in [0.3, 0.4) is 0 Å². The van der Waals surface area contributed by atoms with Gasteiger partial charge in [0.25, 0.3) is 5.91 Å². The van der Waals surface area contributed by atoms with Gasteiger partial charge in [0.1, 0.15) is 5.82 Å². The molecular formula is C27H28Cl2N4O2S. The van der Waals surface area contributed by atoms with E-state index in [1.54, 1.807) is 30.4 Å². The van der Waals surface area contributed by atoms with Gasteiger partial charge in [0.2, 0.25) is 5.91 Å². The van der Waals surface area contributed by atoms with Crippen LogP contribution in [0, 0.1) is 6.92 Å². The van der Waals surface area contributed by atoms with Crippen molar-refractivity contribution in [3.8, 4) is 0 Å². The Morgan fingerprint density at radius 3 is 2.81 bits per heavy atom. The summed E-state index contributed by atoms with van der Waals surface area (Å²) in [5, 5.41) is 6.35. The minimum Gasteiger partial charge on any atom is -0.342 e. The minimum absolute atomic E-state index is 0.187. The zero-order valence-electron chi connectivity index (χ0n) is 20.4. The summed E-state index contributed by atoms with van der Waals surface area (Å²) in [6, 6.07) is 7.10. The smallest absolute Gasteiger partial charge is 0.251 e. The lowest BCUT2D eigenvalue weighted by Gasteiger charge is -2.25. The lowest BCUT2D eigenvalue weighted by Crippen LogP contribution is -2.33. The normalized spacial score (nSPS) is 15.0. The van der Waals surface area contributed by atoms with Crippen molar-refractivity contribution in [3.63, 3.8) is 0 Å². The molecule has 2 aromatic heterocycles. The van der Waals surface area contributed by atoms with Crippen LogP contribution in [0.5, 0.6) is 0 Å². The van der Waals surface area contributed by atoms with Crippen molar-refractivity contribution >= 4 is 58.5 Å². The number of aryl methyl sites for hydroxylation is 1. The fourth-order valence-electron chi connectivity index (χ4n) is 3.96. The summed E-state index contributed by atoms with van der Waals surface area (Å²) in [7, 11) is 0. The molecule has 1 atom stereocenters. The predicted molar refractivity (Wildman–Crippen MR) is 147 cm³/mol. The number of benzene rings is 1. The molecule has 2 aliphatic rings. The molecule has 0 saturated heterocycles. The number of H-pyrrole nitrogens is 1. The Labute approximate surface area is 225 Å². The van der Waals surface area contributed by atoms with Crippen molar-refractivity contribution in [2.24, 2.45) is 0 Å². The van der Waals surface area contributed by atoms with Crippen LogP contribution in [0.4, 0.5) is 0 Å². The molecule has 0 saturated carbocycles. The first-order valence-electron chi connectivity index (χ1n) is 11.7. The molecule has 3 aromatic rings. The topological polar surface area (TPSA) is 78.1 Å². The van der Waals surface area contributed by atoms with Crippen LogP contribution in [0.1, 0.15) is 69.9 Å². The molecule has 1 aliphatic heterocycles. The third-order valence-electron chi connectivity index (χ3n) is 6.11. The van der Waals surface area contributed by atoms with Gasteiger partial charge in [-0.1, -0.05) is 35.3 Å². The van der Waals surface area contributed by atoms with Gasteiger partial charge in [-0.3, -0.25) is 9.59 Å². The number of aromatic amines is 1. The first kappa shape index (κ1) is 26.2. The van der Waals surface area contributed by atoms with Gasteiger partial charge in [-0.05, 0) is 67.1 Å². The molecule has 0 spiro atoms. The Bertz CT molecular complexity index is 1340. The zero-order valence-corrected chi connectivity index (χ0v) is 22.7. The van der Waals surface area contributed by atoms with Crippen molar-refractivity contribution < 1.29 is 9.59 Å². The van der Waals surface area contributed by atoms with Gasteiger partial charge >= 0.3 is 0 Å². The van der Waals surface area contributed by atoms with Gasteiger partial charge in [-0.2, -0.15) is 0 Å². The number of imidazole rings is 1. The molecule has 0 fully saturated rings. The van der Waals surface area contributed by atoms with Gasteiger partial charge in [-0.25, -0.2) is 4.98 Å². The molecule has 1 unspecified atom stereocenters. The van der Waals surface area contributed by atoms with Crippen LogP contribution >= 0.6 is 34.5 Å². The third kappa shape index (κ3) is 6.27. The van der Waals surface area contributed by atoms with Crippen molar-refractivity contribution in [1.29, 1.82) is 0 Å². The molecule has 0 radical (unpaired) electrons. The van der Waals surface area contributed by atoms with E-state index < -0.39 is 0 Å². The number of carbonyl (C=O) groups is 2. The fraction of sp³-hybridized carbons (Fsp3) is 0.296. The van der Waals surface area contributed by atoms with Crippen molar-refractivity contribution in [2.75, 3.05) is 6.54 Å². The summed E-state index contributed by atoms with van der Waals surface area (Å²) in [4.78, 5) is 34.5. The summed E-state index contributed by atoms with van der Waals surface area (Å²) in [5.74, 6) is 0.672. The van der Waals surface area contributed by atoms with Crippen molar-refractivity contribution in [3.05, 3.63) is 84.6 Å². The van der Waals surface area contributed by atoms with E-state index in [1.807, 2.05) is 43.0 Å². The Kier molecular flexibility index (Phi) is 8.34. The SMILES string of the molecule is CC(=O)N1CCc2sccc2C1.Cc1ccc(C(=O)NC(C)c2nc3c([nH]2)C=C(Cl)CC=C3)cc1Cl. The molecule has 2 amide bonds. The summed E-state index contributed by atoms with van der Waals surface area (Å²) in [6.07, 6.45) is 7.48. The van der Waals surface area contributed by atoms with Crippen molar-refractivity contribution in [2.45, 2.75) is 46.2 Å². The summed E-state index contributed by atoms with van der Waals surface area (Å²) < 4.78 is 0. The lowest BCUT2D eigenvalue weighted by molar-refractivity contribution is -0.129. The van der Waals surface area contributed by atoms with Gasteiger partial charge in [-0.15, -0.1) is 11.3 Å². The number of halogens is 2. The second-order valence-electron chi connectivity index (χ2n) is 8.84. The molecule has 1 aromatic carbocycles. The van der Waals surface area contributed by atoms with E-state index in [0.717, 1.165) is 41.5 Å². The van der Waals surface area contributed by atoms with Crippen LogP contribution in [-0.2, 0) is 17.8 Å². The maximum Gasteiger partial charge on any atom is 0.251 e. The van der Waals surface area contributed by atoms with Crippen LogP contribution in [0.2, 0.25) is 5.02 Å². The first-order valence-corrected chi connectivity index (χ1v) is 13.3. The molecular weight excluding hydrogens is 515 g/mol. The van der Waals surface area contributed by atoms with E-state index in [9.17, 15) is 9.59 Å². The highest BCUT2D eigenvalue weighted by Crippen LogP contribution is 2.25. The Hall–Kier alpha value is -2.87. The quantitative estimate of drug-likeness (QED) is 0.395. The molecule has 5 rings (SSSR count). The largest absolute Gasteiger partial charge is 0.342 e. The number of carbonyl (C=O) groups excluding carboxylic acids is 2. The average Bonchev–Trinajstić information content (AvgIpc) is 3.44. The number of nitrogens with zero attached hydrogens (tertiary/aromatic N) is 2. The Balaban J connectivity index is 0.000000211. The van der Waals surface area contributed by atoms with Crippen LogP contribution in [0.15, 0.2) is 40.8 Å². The number of hydrogen-bond donors (Lipinski definition) is 2. The predicted octanol–water partition coefficient (Wildman–Crippen LogP) is 6.51. The zero-order chi connectivity index (χ0) is 25.8. The number of allylic oxidation sites excluding steroid dienone is 2. The number of thiophene rings is 1. The highest BCUT2D eigenvalue weighted by Gasteiger charge is 2.19. The standard InChI is InChI=1S/C18H17Cl2N3O.C9H11NOS/c1-10-6-7-12(8-14(10)20)18(24)21-11(2)17-22-15-5-3-4-13(19)9-16(15)23-17;1-7(11)10-4-2-9-8(6-10)3-5-12-9/h3,5-9,11H,4H2,1-2H3,(H,21,24)(H,22,23);3,5H,2,4,6H2,1H3. The summed E-state index contributed by atoms with van der Waals surface area (Å²) in [6.45, 7) is 7.12. The van der Waals surface area contributed by atoms with Gasteiger partial charge in [0, 0.05) is 46.9 Å². The molecule has 188 valence electrons. The molecule has 3 heterocycles. The Morgan fingerprint density at radius 2 is 2.06 bits per heavy atom. The summed E-state index contributed by atoms with van der Waals surface area (Å²) in [5.41, 5.74) is 4.46. The number of fused-ring (bicyclic) bond motifs is 2. The van der Waals surface area contributed by atoms with Crippen LogP contribution < -0.4 is 5.32 Å². The van der Waals surface area contributed by atoms with Crippen LogP contribution in [-0.4, -0.2) is 33.2 Å². The fourth-order valence-corrected chi connectivity index (χ4v) is 5.23. The molecule has 1 aliphatic carbocycles. The number of hydrogen-bond acceptors (Lipinski definition) is 4. The minimum atomic E-state index is -0.273. The van der Waals surface area contributed by atoms with Crippen LogP contribution in [0.25, 0.3) is 12.2 Å². The third-order valence-corrected chi connectivity index (χ3v) is 7.81. The van der Waals surface area contributed by atoms with E-state index in [-0.39, 0.29) is 17.9 Å². The van der Waals surface area contributed by atoms with E-state index >= 15 is 0 Å². The van der Waals surface area contributed by atoms with Crippen molar-refractivity contribution in [1.82, 2.24) is 20.2 Å². The van der Waals surface area contributed by atoms with E-state index in [4.69, 9.17) is 23.2 Å². The number of amides is 2. The number of nitrogens with one attached hydrogen (secondary N) is 2. The van der Waals surface area contributed by atoms with Gasteiger partial charge < -0.3 is 15.2 Å².